The first kappa shape index (κ1) is 11.4. The van der Waals surface area contributed by atoms with Crippen LogP contribution in [0.15, 0.2) is 36.7 Å². The Labute approximate surface area is 109 Å². The molecule has 2 radical (unpaired) electrons. The van der Waals surface area contributed by atoms with Crippen LogP contribution in [0.1, 0.15) is 5.56 Å². The van der Waals surface area contributed by atoms with Crippen LogP contribution in [0, 0.1) is 17.1 Å². The molecule has 0 aliphatic rings. The van der Waals surface area contributed by atoms with Gasteiger partial charge in [0, 0.05) is 17.4 Å². The molecule has 2 heterocycles. The second-order valence-corrected chi connectivity index (χ2v) is 3.98. The molecule has 0 saturated heterocycles. The molecule has 3 aromatic rings. The molecule has 88 valence electrons. The van der Waals surface area contributed by atoms with Crippen LogP contribution in [0.5, 0.6) is 0 Å². The van der Waals surface area contributed by atoms with E-state index in [4.69, 9.17) is 13.1 Å². The fraction of sp³-hybridized carbons (Fsp3) is 0. The summed E-state index contributed by atoms with van der Waals surface area (Å²) in [4.78, 5) is 4.23. The van der Waals surface area contributed by atoms with Crippen LogP contribution in [0.25, 0.3) is 16.8 Å². The van der Waals surface area contributed by atoms with Gasteiger partial charge in [-0.15, -0.1) is 0 Å². The largest absolute Gasteiger partial charge is 0.261 e. The average Bonchev–Trinajstić information content (AvgIpc) is 2.81. The highest BCUT2D eigenvalue weighted by Gasteiger charge is 2.12. The number of nitrogens with zero attached hydrogens (tertiary/aromatic N) is 4. The Hall–Kier alpha value is -2.68. The van der Waals surface area contributed by atoms with E-state index in [1.807, 2.05) is 0 Å². The Kier molecular flexibility index (Phi) is 2.53. The van der Waals surface area contributed by atoms with E-state index in [0.717, 1.165) is 0 Å². The lowest BCUT2D eigenvalue weighted by Gasteiger charge is -2.06. The fourth-order valence-corrected chi connectivity index (χ4v) is 1.92. The van der Waals surface area contributed by atoms with E-state index < -0.39 is 0 Å². The molecular weight excluding hydrogens is 242 g/mol. The zero-order valence-corrected chi connectivity index (χ0v) is 9.71. The van der Waals surface area contributed by atoms with Crippen molar-refractivity contribution in [3.8, 4) is 17.3 Å². The maximum absolute atomic E-state index is 13.0. The predicted molar refractivity (Wildman–Crippen MR) is 68.5 cm³/mol. The molecular formula is C13H6BFN4. The number of aromatic nitrogens is 3. The minimum atomic E-state index is -0.335. The lowest BCUT2D eigenvalue weighted by Crippen LogP contribution is -2.13. The van der Waals surface area contributed by atoms with Gasteiger partial charge in [-0.05, 0) is 24.3 Å². The van der Waals surface area contributed by atoms with Crippen molar-refractivity contribution in [2.45, 2.75) is 0 Å². The maximum atomic E-state index is 13.0. The third kappa shape index (κ3) is 1.85. The van der Waals surface area contributed by atoms with Gasteiger partial charge in [0.05, 0.1) is 11.9 Å². The first-order valence-corrected chi connectivity index (χ1v) is 5.49. The second kappa shape index (κ2) is 4.21. The maximum Gasteiger partial charge on any atom is 0.143 e. The summed E-state index contributed by atoms with van der Waals surface area (Å²) in [6, 6.07) is 7.89. The molecule has 1 aromatic carbocycles. The smallest absolute Gasteiger partial charge is 0.143 e. The van der Waals surface area contributed by atoms with Crippen LogP contribution in [0.2, 0.25) is 0 Å². The van der Waals surface area contributed by atoms with Crippen molar-refractivity contribution >= 4 is 19.0 Å². The third-order valence-electron chi connectivity index (χ3n) is 2.75. The summed E-state index contributed by atoms with van der Waals surface area (Å²) in [6.07, 6.45) is 2.98. The van der Waals surface area contributed by atoms with E-state index in [1.165, 1.54) is 29.0 Å². The Morgan fingerprint density at radius 2 is 2.00 bits per heavy atom. The number of hydrogen-bond donors (Lipinski definition) is 0. The lowest BCUT2D eigenvalue weighted by molar-refractivity contribution is 0.628. The van der Waals surface area contributed by atoms with Crippen molar-refractivity contribution in [1.82, 2.24) is 14.6 Å². The van der Waals surface area contributed by atoms with Gasteiger partial charge in [0.1, 0.15) is 30.8 Å². The standard InChI is InChI=1S/C13H6BFN4/c14-11-7-19-13(9(5-16)6-17-19)12(18-11)8-1-3-10(15)4-2-8/h1-4,6-7H. The van der Waals surface area contributed by atoms with E-state index in [2.05, 4.69) is 16.2 Å². The van der Waals surface area contributed by atoms with Gasteiger partial charge >= 0.3 is 0 Å². The van der Waals surface area contributed by atoms with E-state index in [-0.39, 0.29) is 11.4 Å². The van der Waals surface area contributed by atoms with Crippen molar-refractivity contribution in [2.24, 2.45) is 0 Å². The molecule has 0 N–H and O–H groups in total. The van der Waals surface area contributed by atoms with E-state index in [9.17, 15) is 4.39 Å². The van der Waals surface area contributed by atoms with Crippen LogP contribution < -0.4 is 5.59 Å². The third-order valence-corrected chi connectivity index (χ3v) is 2.75. The molecule has 0 atom stereocenters. The van der Waals surface area contributed by atoms with Crippen molar-refractivity contribution in [3.05, 3.63) is 48.0 Å². The van der Waals surface area contributed by atoms with Crippen LogP contribution in [0.3, 0.4) is 0 Å². The summed E-state index contributed by atoms with van der Waals surface area (Å²) in [5.74, 6) is -0.335. The van der Waals surface area contributed by atoms with E-state index >= 15 is 0 Å². The molecule has 0 fully saturated rings. The summed E-state index contributed by atoms with van der Waals surface area (Å²) >= 11 is 0. The van der Waals surface area contributed by atoms with E-state index in [0.29, 0.717) is 22.3 Å². The zero-order valence-electron chi connectivity index (χ0n) is 9.71. The van der Waals surface area contributed by atoms with Crippen LogP contribution >= 0.6 is 0 Å². The molecule has 0 saturated carbocycles. The van der Waals surface area contributed by atoms with Crippen LogP contribution in [-0.4, -0.2) is 22.4 Å². The minimum absolute atomic E-state index is 0.277. The van der Waals surface area contributed by atoms with Crippen molar-refractivity contribution in [3.63, 3.8) is 0 Å². The molecule has 6 heteroatoms. The molecule has 0 spiro atoms. The SMILES string of the molecule is [B]c1cn2ncc(C#N)c2c(-c2ccc(F)cc2)n1. The van der Waals surface area contributed by atoms with Crippen molar-refractivity contribution in [2.75, 3.05) is 0 Å². The van der Waals surface area contributed by atoms with Crippen molar-refractivity contribution < 1.29 is 4.39 Å². The number of fused-ring (bicyclic) bond motifs is 1. The molecule has 0 aliphatic carbocycles. The summed E-state index contributed by atoms with van der Waals surface area (Å²) < 4.78 is 14.5. The number of rotatable bonds is 1. The topological polar surface area (TPSA) is 54.0 Å². The Morgan fingerprint density at radius 3 is 2.68 bits per heavy atom. The molecule has 2 aromatic heterocycles. The first-order valence-electron chi connectivity index (χ1n) is 5.49. The van der Waals surface area contributed by atoms with Gasteiger partial charge in [-0.1, -0.05) is 0 Å². The number of hydrogen-bond acceptors (Lipinski definition) is 3. The number of benzene rings is 1. The van der Waals surface area contributed by atoms with Crippen LogP contribution in [-0.2, 0) is 0 Å². The van der Waals surface area contributed by atoms with Crippen LogP contribution in [0.4, 0.5) is 4.39 Å². The predicted octanol–water partition coefficient (Wildman–Crippen LogP) is 1.20. The van der Waals surface area contributed by atoms with Gasteiger partial charge in [0.15, 0.2) is 0 Å². The Morgan fingerprint density at radius 1 is 1.26 bits per heavy atom. The summed E-state index contributed by atoms with van der Waals surface area (Å²) in [5, 5.41) is 13.1. The molecule has 0 bridgehead atoms. The van der Waals surface area contributed by atoms with Crippen molar-refractivity contribution in [1.29, 1.82) is 5.26 Å². The lowest BCUT2D eigenvalue weighted by atomic mass is 10.0. The number of halogens is 1. The molecule has 4 nitrogen and oxygen atoms in total. The summed E-state index contributed by atoms with van der Waals surface area (Å²) in [7, 11) is 5.71. The van der Waals surface area contributed by atoms with Gasteiger partial charge in [0.2, 0.25) is 0 Å². The van der Waals surface area contributed by atoms with E-state index in [1.54, 1.807) is 12.1 Å². The Bertz CT molecular complexity index is 802. The molecule has 0 aliphatic heterocycles. The molecule has 0 unspecified atom stereocenters. The van der Waals surface area contributed by atoms with Gasteiger partial charge in [0.25, 0.3) is 0 Å². The minimum Gasteiger partial charge on any atom is -0.261 e. The Balaban J connectivity index is 2.36. The summed E-state index contributed by atoms with van der Waals surface area (Å²) in [5.41, 5.74) is 2.42. The molecule has 3 rings (SSSR count). The highest BCUT2D eigenvalue weighted by atomic mass is 19.1. The van der Waals surface area contributed by atoms with Gasteiger partial charge < -0.3 is 0 Å². The number of nitriles is 1. The quantitative estimate of drug-likeness (QED) is 0.608. The molecule has 19 heavy (non-hydrogen) atoms. The highest BCUT2D eigenvalue weighted by molar-refractivity contribution is 6.30. The van der Waals surface area contributed by atoms with Gasteiger partial charge in [-0.25, -0.2) is 8.91 Å². The zero-order chi connectivity index (χ0) is 13.4. The fourth-order valence-electron chi connectivity index (χ4n) is 1.92. The monoisotopic (exact) mass is 248 g/mol. The first-order chi connectivity index (χ1) is 9.19. The highest BCUT2D eigenvalue weighted by Crippen LogP contribution is 2.24. The van der Waals surface area contributed by atoms with Gasteiger partial charge in [-0.3, -0.25) is 4.98 Å². The molecule has 0 amide bonds. The normalized spacial score (nSPS) is 10.5. The van der Waals surface area contributed by atoms with Gasteiger partial charge in [-0.2, -0.15) is 10.4 Å². The summed E-state index contributed by atoms with van der Waals surface area (Å²) in [6.45, 7) is 0. The average molecular weight is 248 g/mol. The second-order valence-electron chi connectivity index (χ2n) is 3.98.